The molecule has 0 saturated heterocycles. The van der Waals surface area contributed by atoms with Crippen LogP contribution >= 0.6 is 11.6 Å². The van der Waals surface area contributed by atoms with Crippen molar-refractivity contribution in [1.29, 1.82) is 0 Å². The molecule has 0 bridgehead atoms. The Hall–Kier alpha value is -1.74. The smallest absolute Gasteiger partial charge is 0.213 e. The van der Waals surface area contributed by atoms with Crippen LogP contribution in [0.15, 0.2) is 40.8 Å². The van der Waals surface area contributed by atoms with Crippen LogP contribution in [0.2, 0.25) is 0 Å². The van der Waals surface area contributed by atoms with Crippen molar-refractivity contribution >= 4 is 17.4 Å². The van der Waals surface area contributed by atoms with Gasteiger partial charge in [0.1, 0.15) is 0 Å². The van der Waals surface area contributed by atoms with Crippen LogP contribution in [0.25, 0.3) is 0 Å². The van der Waals surface area contributed by atoms with E-state index in [1.54, 1.807) is 6.08 Å². The second kappa shape index (κ2) is 8.57. The van der Waals surface area contributed by atoms with Gasteiger partial charge in [-0.2, -0.15) is 0 Å². The van der Waals surface area contributed by atoms with Crippen molar-refractivity contribution < 1.29 is 14.3 Å². The highest BCUT2D eigenvalue weighted by atomic mass is 35.5. The Morgan fingerprint density at radius 1 is 1.00 bits per heavy atom. The van der Waals surface area contributed by atoms with Crippen LogP contribution in [-0.4, -0.2) is 5.78 Å². The van der Waals surface area contributed by atoms with Gasteiger partial charge in [0.15, 0.2) is 17.3 Å². The van der Waals surface area contributed by atoms with Crippen molar-refractivity contribution in [2.75, 3.05) is 0 Å². The molecule has 1 aliphatic heterocycles. The molecule has 25 heavy (non-hydrogen) atoms. The average molecular weight is 361 g/mol. The summed E-state index contributed by atoms with van der Waals surface area (Å²) in [6.45, 7) is 2.24. The van der Waals surface area contributed by atoms with Crippen LogP contribution in [0.4, 0.5) is 0 Å². The second-order valence-electron chi connectivity index (χ2n) is 6.74. The van der Waals surface area contributed by atoms with E-state index in [1.165, 1.54) is 50.5 Å². The summed E-state index contributed by atoms with van der Waals surface area (Å²) in [6, 6.07) is 5.97. The molecular weight excluding hydrogens is 336 g/mol. The Morgan fingerprint density at radius 2 is 1.76 bits per heavy atom. The lowest BCUT2D eigenvalue weighted by Gasteiger charge is -2.24. The topological polar surface area (TPSA) is 35.5 Å². The lowest BCUT2D eigenvalue weighted by molar-refractivity contribution is -0.117. The molecule has 1 aromatic rings. The van der Waals surface area contributed by atoms with Crippen molar-refractivity contribution in [2.45, 2.75) is 64.7 Å². The molecule has 3 rings (SSSR count). The highest BCUT2D eigenvalue weighted by Crippen LogP contribution is 2.39. The third kappa shape index (κ3) is 4.66. The summed E-state index contributed by atoms with van der Waals surface area (Å²) >= 11 is 5.97. The number of ether oxygens (including phenoxy) is 2. The standard InChI is InChI=1S/C21H25ClO3/c1-2-3-4-5-6-7-8-9-15-10-11-18-19(12-15)25-21-17(23)13-16(22)14-20(21)24-18/h10-12,14H,2-9,13H2,1H3. The molecule has 2 aliphatic rings. The number of carbonyl (C=O) groups excluding carboxylic acids is 1. The molecule has 134 valence electrons. The van der Waals surface area contributed by atoms with Crippen molar-refractivity contribution in [1.82, 2.24) is 0 Å². The van der Waals surface area contributed by atoms with Crippen LogP contribution in [-0.2, 0) is 11.2 Å². The summed E-state index contributed by atoms with van der Waals surface area (Å²) in [5, 5.41) is 0.478. The van der Waals surface area contributed by atoms with E-state index >= 15 is 0 Å². The minimum Gasteiger partial charge on any atom is -0.449 e. The molecule has 0 saturated carbocycles. The van der Waals surface area contributed by atoms with Gasteiger partial charge in [0.25, 0.3) is 0 Å². The zero-order valence-corrected chi connectivity index (χ0v) is 15.5. The molecule has 1 aliphatic carbocycles. The number of allylic oxidation sites excluding steroid dienone is 3. The summed E-state index contributed by atoms with van der Waals surface area (Å²) in [5.41, 5.74) is 1.22. The SMILES string of the molecule is CCCCCCCCCc1ccc2c(c1)OC1=C(C=C(Cl)CC1=O)O2. The van der Waals surface area contributed by atoms with Gasteiger partial charge in [-0.05, 0) is 36.6 Å². The van der Waals surface area contributed by atoms with Gasteiger partial charge in [-0.3, -0.25) is 4.79 Å². The fourth-order valence-corrected chi connectivity index (χ4v) is 3.42. The Morgan fingerprint density at radius 3 is 2.56 bits per heavy atom. The molecule has 0 N–H and O–H groups in total. The normalized spacial score (nSPS) is 15.9. The van der Waals surface area contributed by atoms with E-state index < -0.39 is 0 Å². The molecule has 3 nitrogen and oxygen atoms in total. The maximum Gasteiger partial charge on any atom is 0.213 e. The van der Waals surface area contributed by atoms with Gasteiger partial charge >= 0.3 is 0 Å². The van der Waals surface area contributed by atoms with Crippen molar-refractivity contribution in [2.24, 2.45) is 0 Å². The first-order valence-corrected chi connectivity index (χ1v) is 9.67. The van der Waals surface area contributed by atoms with E-state index in [2.05, 4.69) is 13.0 Å². The van der Waals surface area contributed by atoms with Gasteiger partial charge in [-0.1, -0.05) is 63.1 Å². The van der Waals surface area contributed by atoms with Gasteiger partial charge in [0.05, 0.1) is 6.42 Å². The zero-order chi connectivity index (χ0) is 17.6. The van der Waals surface area contributed by atoms with Crippen LogP contribution in [0, 0.1) is 0 Å². The molecule has 0 radical (unpaired) electrons. The predicted octanol–water partition coefficient (Wildman–Crippen LogP) is 6.06. The third-order valence-electron chi connectivity index (χ3n) is 4.60. The highest BCUT2D eigenvalue weighted by Gasteiger charge is 2.29. The van der Waals surface area contributed by atoms with Gasteiger partial charge in [0, 0.05) is 5.03 Å². The number of carbonyl (C=O) groups is 1. The van der Waals surface area contributed by atoms with Crippen LogP contribution in [0.5, 0.6) is 11.5 Å². The van der Waals surface area contributed by atoms with Crippen LogP contribution in [0.1, 0.15) is 63.9 Å². The molecule has 0 atom stereocenters. The largest absolute Gasteiger partial charge is 0.449 e. The quantitative estimate of drug-likeness (QED) is 0.529. The molecule has 0 unspecified atom stereocenters. The highest BCUT2D eigenvalue weighted by molar-refractivity contribution is 6.32. The fraction of sp³-hybridized carbons (Fsp3) is 0.476. The van der Waals surface area contributed by atoms with Crippen molar-refractivity contribution in [3.05, 3.63) is 46.4 Å². The molecule has 0 fully saturated rings. The number of rotatable bonds is 8. The fourth-order valence-electron chi connectivity index (χ4n) is 3.20. The second-order valence-corrected chi connectivity index (χ2v) is 7.23. The van der Waals surface area contributed by atoms with Gasteiger partial charge < -0.3 is 9.47 Å². The molecule has 1 aromatic carbocycles. The summed E-state index contributed by atoms with van der Waals surface area (Å²) < 4.78 is 11.6. The predicted molar refractivity (Wildman–Crippen MR) is 100.0 cm³/mol. The Labute approximate surface area is 154 Å². The number of aryl methyl sites for hydroxylation is 1. The first-order valence-electron chi connectivity index (χ1n) is 9.29. The molecule has 0 spiro atoms. The number of halogens is 1. The number of ketones is 1. The Kier molecular flexibility index (Phi) is 6.19. The Bertz CT molecular complexity index is 703. The average Bonchev–Trinajstić information content (AvgIpc) is 2.59. The minimum absolute atomic E-state index is 0.134. The molecule has 4 heteroatoms. The molecular formula is C21H25ClO3. The Balaban J connectivity index is 1.55. The van der Waals surface area contributed by atoms with Crippen LogP contribution < -0.4 is 9.47 Å². The maximum absolute atomic E-state index is 12.1. The molecule has 0 aromatic heterocycles. The molecule has 0 amide bonds. The van der Waals surface area contributed by atoms with Crippen molar-refractivity contribution in [3.8, 4) is 11.5 Å². The zero-order valence-electron chi connectivity index (χ0n) is 14.8. The number of hydrogen-bond donors (Lipinski definition) is 0. The van der Waals surface area contributed by atoms with Crippen molar-refractivity contribution in [3.63, 3.8) is 0 Å². The van der Waals surface area contributed by atoms with Gasteiger partial charge in [-0.15, -0.1) is 0 Å². The van der Waals surface area contributed by atoms with E-state index in [0.29, 0.717) is 22.3 Å². The van der Waals surface area contributed by atoms with E-state index in [-0.39, 0.29) is 18.0 Å². The van der Waals surface area contributed by atoms with Gasteiger partial charge in [-0.25, -0.2) is 0 Å². The summed E-state index contributed by atoms with van der Waals surface area (Å²) in [4.78, 5) is 12.1. The monoisotopic (exact) mass is 360 g/mol. The first-order chi connectivity index (χ1) is 12.2. The van der Waals surface area contributed by atoms with E-state index in [9.17, 15) is 4.79 Å². The summed E-state index contributed by atoms with van der Waals surface area (Å²) in [6.07, 6.45) is 11.9. The minimum atomic E-state index is -0.134. The van der Waals surface area contributed by atoms with Crippen LogP contribution in [0.3, 0.4) is 0 Å². The number of Topliss-reactive ketones (excluding diaryl/α,β-unsaturated/α-hetero) is 1. The van der Waals surface area contributed by atoms with E-state index in [1.807, 2.05) is 12.1 Å². The maximum atomic E-state index is 12.1. The lowest BCUT2D eigenvalue weighted by atomic mass is 10.0. The number of fused-ring (bicyclic) bond motifs is 1. The van der Waals surface area contributed by atoms with E-state index in [4.69, 9.17) is 21.1 Å². The number of hydrogen-bond acceptors (Lipinski definition) is 3. The first kappa shape index (κ1) is 18.1. The lowest BCUT2D eigenvalue weighted by Crippen LogP contribution is -2.21. The van der Waals surface area contributed by atoms with E-state index in [0.717, 1.165) is 6.42 Å². The summed E-state index contributed by atoms with van der Waals surface area (Å²) in [5.74, 6) is 1.81. The summed E-state index contributed by atoms with van der Waals surface area (Å²) in [7, 11) is 0. The third-order valence-corrected chi connectivity index (χ3v) is 4.85. The molecule has 1 heterocycles. The number of benzene rings is 1. The van der Waals surface area contributed by atoms with Gasteiger partial charge in [0.2, 0.25) is 11.5 Å². The number of unbranched alkanes of at least 4 members (excludes halogenated alkanes) is 6.